The van der Waals surface area contributed by atoms with E-state index in [1.54, 1.807) is 0 Å². The van der Waals surface area contributed by atoms with Crippen molar-refractivity contribution in [2.24, 2.45) is 0 Å². The summed E-state index contributed by atoms with van der Waals surface area (Å²) in [5.41, 5.74) is 0. The predicted octanol–water partition coefficient (Wildman–Crippen LogP) is 20.4. The molecule has 0 aliphatic carbocycles. The van der Waals surface area contributed by atoms with E-state index in [-0.39, 0.29) is 19.3 Å². The van der Waals surface area contributed by atoms with E-state index in [1.165, 1.54) is 89.9 Å². The smallest absolute Gasteiger partial charge is 0.463 e. The maximum Gasteiger partial charge on any atom is 0.472 e. The summed E-state index contributed by atoms with van der Waals surface area (Å²) in [6.07, 6.45) is 77.0. The quantitative estimate of drug-likeness (QED) is 0.0146. The molecule has 0 saturated carbocycles. The third-order valence-corrected chi connectivity index (χ3v) is 16.9. The molecule has 0 aromatic heterocycles. The van der Waals surface area contributed by atoms with E-state index in [2.05, 4.69) is 130 Å². The van der Waals surface area contributed by atoms with Gasteiger partial charge in [-0.25, -0.2) is 9.13 Å². The number of esters is 3. The molecular formula is C75H130O16P2. The van der Waals surface area contributed by atoms with Crippen LogP contribution in [0.3, 0.4) is 0 Å². The first-order chi connectivity index (χ1) is 45.2. The molecule has 18 heteroatoms. The maximum atomic E-state index is 13.0. The highest BCUT2D eigenvalue weighted by atomic mass is 31.2. The molecule has 0 rings (SSSR count). The third-order valence-electron chi connectivity index (χ3n) is 15.0. The van der Waals surface area contributed by atoms with Crippen molar-refractivity contribution in [3.63, 3.8) is 0 Å². The molecular weight excluding hydrogens is 1220 g/mol. The fraction of sp³-hybridized carbons (Fsp3) is 0.720. The fourth-order valence-corrected chi connectivity index (χ4v) is 11.0. The average Bonchev–Trinajstić information content (AvgIpc) is 3.71. The van der Waals surface area contributed by atoms with Crippen molar-refractivity contribution >= 4 is 33.6 Å². The van der Waals surface area contributed by atoms with E-state index >= 15 is 0 Å². The average molecular weight is 1350 g/mol. The van der Waals surface area contributed by atoms with Crippen LogP contribution in [0.5, 0.6) is 0 Å². The lowest BCUT2D eigenvalue weighted by Crippen LogP contribution is -2.30. The third kappa shape index (κ3) is 69.4. The van der Waals surface area contributed by atoms with Crippen LogP contribution in [-0.2, 0) is 55.8 Å². The Kier molecular flexibility index (Phi) is 65.4. The molecule has 0 radical (unpaired) electrons. The molecule has 0 amide bonds. The van der Waals surface area contributed by atoms with Gasteiger partial charge in [0.15, 0.2) is 6.10 Å². The fourth-order valence-electron chi connectivity index (χ4n) is 9.46. The van der Waals surface area contributed by atoms with Crippen LogP contribution in [0, 0.1) is 0 Å². The zero-order chi connectivity index (χ0) is 68.1. The lowest BCUT2D eigenvalue weighted by molar-refractivity contribution is -0.161. The molecule has 0 bridgehead atoms. The van der Waals surface area contributed by atoms with E-state index in [0.717, 1.165) is 141 Å². The standard InChI is InChI=1S/C75H130O16P2/c1-4-7-10-13-16-19-22-25-28-30-32-34-36-38-41-43-46-49-52-55-58-61-73(78)85-64-70(76)65-87-92(81,82)88-66-71(77)67-89-93(83,84)90-69-72(91-75(80)63-60-57-54-51-48-45-40-27-24-21-18-15-12-9-6-3)68-86-74(79)62-59-56-53-50-47-44-42-39-37-35-33-31-29-26-23-20-17-14-11-8-5-2/h7,10,16-17,19-20,25-26,28-29,32-35,38-39,41-42,70-72,76-77H,4-6,8-9,11-15,18,21-24,27,30-31,36-37,40,43-69H2,1-3H3,(H,81,82)(H,83,84)/b10-7-,19-16-,20-17-,28-25-,29-26-,34-32-,35-33-,41-38-,42-39-. The van der Waals surface area contributed by atoms with Crippen LogP contribution in [0.2, 0.25) is 0 Å². The summed E-state index contributed by atoms with van der Waals surface area (Å²) in [4.78, 5) is 58.5. The van der Waals surface area contributed by atoms with Gasteiger partial charge >= 0.3 is 33.6 Å². The van der Waals surface area contributed by atoms with Crippen molar-refractivity contribution in [3.8, 4) is 0 Å². The summed E-state index contributed by atoms with van der Waals surface area (Å²) in [7, 11) is -9.79. The number of ether oxygens (including phenoxy) is 3. The molecule has 0 heterocycles. The summed E-state index contributed by atoms with van der Waals surface area (Å²) in [5, 5.41) is 20.6. The van der Waals surface area contributed by atoms with Gasteiger partial charge in [0, 0.05) is 19.3 Å². The Morgan fingerprint density at radius 2 is 0.570 bits per heavy atom. The van der Waals surface area contributed by atoms with Crippen LogP contribution < -0.4 is 0 Å². The lowest BCUT2D eigenvalue weighted by atomic mass is 10.0. The summed E-state index contributed by atoms with van der Waals surface area (Å²) in [5.74, 6) is -1.61. The highest BCUT2D eigenvalue weighted by Gasteiger charge is 2.29. The topological polar surface area (TPSA) is 231 Å². The van der Waals surface area contributed by atoms with Gasteiger partial charge in [-0.05, 0) is 109 Å². The minimum Gasteiger partial charge on any atom is -0.463 e. The van der Waals surface area contributed by atoms with Gasteiger partial charge in [0.1, 0.15) is 25.4 Å². The molecule has 4 N–H and O–H groups in total. The summed E-state index contributed by atoms with van der Waals surface area (Å²) < 4.78 is 61.0. The van der Waals surface area contributed by atoms with E-state index < -0.39 is 91.5 Å². The van der Waals surface area contributed by atoms with Gasteiger partial charge in [-0.2, -0.15) is 0 Å². The molecule has 5 unspecified atom stereocenters. The molecule has 93 heavy (non-hydrogen) atoms. The maximum absolute atomic E-state index is 13.0. The Morgan fingerprint density at radius 3 is 0.925 bits per heavy atom. The monoisotopic (exact) mass is 1350 g/mol. The highest BCUT2D eigenvalue weighted by molar-refractivity contribution is 7.47. The second kappa shape index (κ2) is 68.2. The van der Waals surface area contributed by atoms with E-state index in [9.17, 15) is 43.5 Å². The van der Waals surface area contributed by atoms with Gasteiger partial charge in [-0.1, -0.05) is 271 Å². The van der Waals surface area contributed by atoms with Crippen molar-refractivity contribution in [2.45, 2.75) is 309 Å². The molecule has 0 fully saturated rings. The molecule has 0 aromatic rings. The molecule has 0 aromatic carbocycles. The van der Waals surface area contributed by atoms with Crippen LogP contribution in [0.1, 0.15) is 290 Å². The zero-order valence-electron chi connectivity index (χ0n) is 58.1. The van der Waals surface area contributed by atoms with Crippen LogP contribution in [-0.4, -0.2) is 95.9 Å². The number of carbonyl (C=O) groups excluding carboxylic acids is 3. The van der Waals surface area contributed by atoms with Crippen molar-refractivity contribution in [3.05, 3.63) is 109 Å². The number of aliphatic hydroxyl groups is 2. The number of unbranched alkanes of at least 4 members (excludes halogenated alkanes) is 27. The first-order valence-electron chi connectivity index (χ1n) is 36.2. The number of aliphatic hydroxyl groups excluding tert-OH is 2. The Balaban J connectivity index is 4.69. The Morgan fingerprint density at radius 1 is 0.312 bits per heavy atom. The number of hydrogen-bond acceptors (Lipinski definition) is 14. The number of phosphoric ester groups is 2. The molecule has 0 aliphatic rings. The normalized spacial score (nSPS) is 14.8. The Labute approximate surface area is 564 Å². The molecule has 536 valence electrons. The molecule has 0 spiro atoms. The first kappa shape index (κ1) is 89.2. The predicted molar refractivity (Wildman–Crippen MR) is 380 cm³/mol. The van der Waals surface area contributed by atoms with Gasteiger partial charge in [-0.3, -0.25) is 32.5 Å². The van der Waals surface area contributed by atoms with E-state index in [0.29, 0.717) is 19.3 Å². The van der Waals surface area contributed by atoms with Crippen molar-refractivity contribution in [2.75, 3.05) is 39.6 Å². The summed E-state index contributed by atoms with van der Waals surface area (Å²) in [6.45, 7) is 2.50. The summed E-state index contributed by atoms with van der Waals surface area (Å²) in [6, 6.07) is 0. The zero-order valence-corrected chi connectivity index (χ0v) is 59.9. The highest BCUT2D eigenvalue weighted by Crippen LogP contribution is 2.45. The van der Waals surface area contributed by atoms with Crippen LogP contribution in [0.25, 0.3) is 0 Å². The van der Waals surface area contributed by atoms with Gasteiger partial charge in [0.2, 0.25) is 0 Å². The van der Waals surface area contributed by atoms with E-state index in [4.69, 9.17) is 32.3 Å². The largest absolute Gasteiger partial charge is 0.472 e. The number of hydrogen-bond donors (Lipinski definition) is 4. The minimum atomic E-state index is -4.93. The molecule has 5 atom stereocenters. The van der Waals surface area contributed by atoms with Gasteiger partial charge < -0.3 is 34.2 Å². The second-order valence-electron chi connectivity index (χ2n) is 24.0. The molecule has 16 nitrogen and oxygen atoms in total. The van der Waals surface area contributed by atoms with Crippen LogP contribution in [0.15, 0.2) is 109 Å². The van der Waals surface area contributed by atoms with Crippen molar-refractivity contribution < 1.29 is 75.8 Å². The summed E-state index contributed by atoms with van der Waals surface area (Å²) >= 11 is 0. The van der Waals surface area contributed by atoms with Crippen LogP contribution in [0.4, 0.5) is 0 Å². The first-order valence-corrected chi connectivity index (χ1v) is 39.2. The van der Waals surface area contributed by atoms with Crippen molar-refractivity contribution in [1.29, 1.82) is 0 Å². The number of allylic oxidation sites excluding steroid dienone is 18. The minimum absolute atomic E-state index is 0.102. The Bertz CT molecular complexity index is 2130. The van der Waals surface area contributed by atoms with E-state index in [1.807, 2.05) is 0 Å². The second-order valence-corrected chi connectivity index (χ2v) is 26.9. The lowest BCUT2D eigenvalue weighted by Gasteiger charge is -2.21. The van der Waals surface area contributed by atoms with Crippen molar-refractivity contribution in [1.82, 2.24) is 0 Å². The SMILES string of the molecule is CC/C=C\C/C=C\C/C=C\C/C=C\C/C=C\CCCCCCCC(=O)OCC(O)COP(=O)(O)OCC(O)COP(=O)(O)OCC(COC(=O)CCCCCCC/C=C\C/C=C\C/C=C\C/C=C\CCCCC)OC(=O)CCCCCCCCCCCCCCCCC. The molecule has 0 aliphatic heterocycles. The van der Waals surface area contributed by atoms with Gasteiger partial charge in [-0.15, -0.1) is 0 Å². The van der Waals surface area contributed by atoms with Crippen LogP contribution >= 0.6 is 15.6 Å². The van der Waals surface area contributed by atoms with Gasteiger partial charge in [0.05, 0.1) is 26.4 Å². The Hall–Kier alpha value is -3.79. The number of rotatable bonds is 68. The number of phosphoric acid groups is 2. The number of carbonyl (C=O) groups is 3. The van der Waals surface area contributed by atoms with Gasteiger partial charge in [0.25, 0.3) is 0 Å². The molecule has 0 saturated heterocycles.